The lowest BCUT2D eigenvalue weighted by Gasteiger charge is -2.04. The summed E-state index contributed by atoms with van der Waals surface area (Å²) >= 11 is 0. The van der Waals surface area contributed by atoms with Gasteiger partial charge in [0.2, 0.25) is 5.88 Å². The number of amides is 1. The van der Waals surface area contributed by atoms with Gasteiger partial charge in [0.25, 0.3) is 0 Å². The molecular weight excluding hydrogens is 337 g/mol. The minimum Gasteiger partial charge on any atom is -0.493 e. The zero-order chi connectivity index (χ0) is 18.7. The van der Waals surface area contributed by atoms with Gasteiger partial charge in [0.15, 0.2) is 12.3 Å². The topological polar surface area (TPSA) is 87.0 Å². The molecule has 134 valence electrons. The monoisotopic (exact) mass is 355 g/mol. The van der Waals surface area contributed by atoms with Crippen molar-refractivity contribution in [2.45, 2.75) is 19.8 Å². The minimum atomic E-state index is -0.622. The van der Waals surface area contributed by atoms with Gasteiger partial charge in [-0.2, -0.15) is 0 Å². The number of aromatic amines is 1. The number of benzene rings is 2. The molecule has 7 heteroatoms. The summed E-state index contributed by atoms with van der Waals surface area (Å²) in [6.07, 6.45) is 0. The van der Waals surface area contributed by atoms with Crippen molar-refractivity contribution >= 4 is 22.5 Å². The van der Waals surface area contributed by atoms with E-state index in [4.69, 9.17) is 4.74 Å². The third-order valence-electron chi connectivity index (χ3n) is 3.88. The summed E-state index contributed by atoms with van der Waals surface area (Å²) in [6, 6.07) is 11.0. The van der Waals surface area contributed by atoms with E-state index in [1.54, 1.807) is 0 Å². The Morgan fingerprint density at radius 3 is 2.65 bits per heavy atom. The van der Waals surface area contributed by atoms with Crippen molar-refractivity contribution < 1.29 is 19.0 Å². The summed E-state index contributed by atoms with van der Waals surface area (Å²) in [7, 11) is 0. The number of hydrogen-bond acceptors (Lipinski definition) is 4. The maximum Gasteiger partial charge on any atom is 0.302 e. The van der Waals surface area contributed by atoms with Crippen LogP contribution in [0.1, 0.15) is 25.3 Å². The Morgan fingerprint density at radius 2 is 1.96 bits per heavy atom. The fraction of sp³-hybridized carbons (Fsp3) is 0.211. The first-order valence-electron chi connectivity index (χ1n) is 8.11. The van der Waals surface area contributed by atoms with Crippen molar-refractivity contribution in [2.24, 2.45) is 10.2 Å². The molecule has 0 fully saturated rings. The van der Waals surface area contributed by atoms with Crippen LogP contribution >= 0.6 is 0 Å². The van der Waals surface area contributed by atoms with E-state index in [1.165, 1.54) is 24.3 Å². The molecule has 0 saturated carbocycles. The van der Waals surface area contributed by atoms with Crippen molar-refractivity contribution in [3.8, 4) is 11.6 Å². The van der Waals surface area contributed by atoms with Gasteiger partial charge in [0, 0.05) is 5.39 Å². The van der Waals surface area contributed by atoms with Gasteiger partial charge in [0.05, 0.1) is 5.52 Å². The first-order chi connectivity index (χ1) is 12.4. The molecule has 0 atom stereocenters. The normalized spacial score (nSPS) is 11.5. The van der Waals surface area contributed by atoms with E-state index >= 15 is 0 Å². The van der Waals surface area contributed by atoms with Gasteiger partial charge in [-0.3, -0.25) is 4.79 Å². The van der Waals surface area contributed by atoms with Gasteiger partial charge in [-0.05, 0) is 47.9 Å². The van der Waals surface area contributed by atoms with Crippen molar-refractivity contribution in [1.29, 1.82) is 0 Å². The molecule has 6 nitrogen and oxygen atoms in total. The Bertz CT molecular complexity index is 962. The molecule has 0 aliphatic carbocycles. The van der Waals surface area contributed by atoms with Gasteiger partial charge in [-0.25, -0.2) is 4.39 Å². The minimum absolute atomic E-state index is 0.156. The van der Waals surface area contributed by atoms with Crippen molar-refractivity contribution in [2.75, 3.05) is 6.61 Å². The van der Waals surface area contributed by atoms with E-state index in [0.29, 0.717) is 22.6 Å². The van der Waals surface area contributed by atoms with Gasteiger partial charge >= 0.3 is 5.91 Å². The van der Waals surface area contributed by atoms with Gasteiger partial charge in [0.1, 0.15) is 11.6 Å². The highest BCUT2D eigenvalue weighted by Crippen LogP contribution is 2.36. The van der Waals surface area contributed by atoms with Crippen LogP contribution < -0.4 is 4.74 Å². The Balaban J connectivity index is 1.74. The molecule has 3 aromatic rings. The van der Waals surface area contributed by atoms with Crippen LogP contribution in [-0.4, -0.2) is 22.6 Å². The lowest BCUT2D eigenvalue weighted by atomic mass is 10.0. The van der Waals surface area contributed by atoms with E-state index in [2.05, 4.69) is 29.1 Å². The molecule has 0 bridgehead atoms. The van der Waals surface area contributed by atoms with Crippen LogP contribution in [0.2, 0.25) is 0 Å². The average Bonchev–Trinajstić information content (AvgIpc) is 2.93. The molecule has 2 N–H and O–H groups in total. The van der Waals surface area contributed by atoms with Gasteiger partial charge in [-0.1, -0.05) is 19.9 Å². The predicted molar refractivity (Wildman–Crippen MR) is 95.5 cm³/mol. The van der Waals surface area contributed by atoms with Crippen LogP contribution in [0.4, 0.5) is 10.1 Å². The number of carbonyl (C=O) groups is 1. The van der Waals surface area contributed by atoms with Crippen molar-refractivity contribution in [3.05, 3.63) is 53.8 Å². The molecule has 0 radical (unpaired) electrons. The van der Waals surface area contributed by atoms with E-state index in [1.807, 2.05) is 18.2 Å². The highest BCUT2D eigenvalue weighted by molar-refractivity contribution is 5.95. The first-order valence-corrected chi connectivity index (χ1v) is 8.11. The molecule has 0 aliphatic rings. The number of aromatic hydroxyl groups is 1. The van der Waals surface area contributed by atoms with E-state index in [-0.39, 0.29) is 24.0 Å². The van der Waals surface area contributed by atoms with Crippen LogP contribution in [0.15, 0.2) is 52.7 Å². The van der Waals surface area contributed by atoms with Crippen molar-refractivity contribution in [3.63, 3.8) is 0 Å². The van der Waals surface area contributed by atoms with Crippen LogP contribution in [0.5, 0.6) is 11.6 Å². The highest BCUT2D eigenvalue weighted by atomic mass is 19.1. The van der Waals surface area contributed by atoms with E-state index in [9.17, 15) is 14.3 Å². The Hall–Kier alpha value is -3.22. The second-order valence-corrected chi connectivity index (χ2v) is 6.12. The number of azo groups is 1. The van der Waals surface area contributed by atoms with E-state index < -0.39 is 5.91 Å². The molecule has 0 aliphatic heterocycles. The third-order valence-corrected chi connectivity index (χ3v) is 3.88. The summed E-state index contributed by atoms with van der Waals surface area (Å²) in [5, 5.41) is 18.2. The highest BCUT2D eigenvalue weighted by Gasteiger charge is 2.13. The summed E-state index contributed by atoms with van der Waals surface area (Å²) < 4.78 is 18.0. The van der Waals surface area contributed by atoms with Crippen LogP contribution in [0.25, 0.3) is 10.9 Å². The zero-order valence-electron chi connectivity index (χ0n) is 14.4. The number of fused-ring (bicyclic) bond motifs is 1. The number of H-pyrrole nitrogens is 1. The quantitative estimate of drug-likeness (QED) is 0.643. The average molecular weight is 355 g/mol. The summed E-state index contributed by atoms with van der Waals surface area (Å²) in [5.41, 5.74) is 1.99. The van der Waals surface area contributed by atoms with Gasteiger partial charge < -0.3 is 14.8 Å². The number of rotatable bonds is 5. The fourth-order valence-corrected chi connectivity index (χ4v) is 2.45. The molecule has 0 unspecified atom stereocenters. The summed E-state index contributed by atoms with van der Waals surface area (Å²) in [6.45, 7) is 3.78. The maximum atomic E-state index is 12.8. The molecular formula is C19H18FN3O3. The Labute approximate surface area is 149 Å². The molecule has 1 heterocycles. The van der Waals surface area contributed by atoms with Gasteiger partial charge in [-0.15, -0.1) is 10.2 Å². The second-order valence-electron chi connectivity index (χ2n) is 6.12. The lowest BCUT2D eigenvalue weighted by molar-refractivity contribution is -0.120. The number of carbonyl (C=O) groups excluding carboxylic acids is 1. The second kappa shape index (κ2) is 7.35. The standard InChI is InChI=1S/C19H18FN3O3/c1-11(2)12-3-8-16-15(9-12)18(19(25)21-16)23-22-17(24)10-26-14-6-4-13(20)5-7-14/h3-9,11,21,25H,10H2,1-2H3. The largest absolute Gasteiger partial charge is 0.493 e. The summed E-state index contributed by atoms with van der Waals surface area (Å²) in [4.78, 5) is 14.7. The molecule has 2 aromatic carbocycles. The molecule has 0 spiro atoms. The number of hydrogen-bond donors (Lipinski definition) is 2. The predicted octanol–water partition coefficient (Wildman–Crippen LogP) is 4.83. The number of nitrogens with one attached hydrogen (secondary N) is 1. The molecule has 1 amide bonds. The summed E-state index contributed by atoms with van der Waals surface area (Å²) in [5.74, 6) is -0.502. The van der Waals surface area contributed by atoms with Crippen LogP contribution in [0, 0.1) is 5.82 Å². The van der Waals surface area contributed by atoms with Crippen molar-refractivity contribution in [1.82, 2.24) is 4.98 Å². The number of nitrogens with zero attached hydrogens (tertiary/aromatic N) is 2. The zero-order valence-corrected chi connectivity index (χ0v) is 14.4. The van der Waals surface area contributed by atoms with Crippen LogP contribution in [0.3, 0.4) is 0 Å². The molecule has 1 aromatic heterocycles. The van der Waals surface area contributed by atoms with Crippen LogP contribution in [-0.2, 0) is 4.79 Å². The maximum absolute atomic E-state index is 12.8. The number of ether oxygens (including phenoxy) is 1. The molecule has 26 heavy (non-hydrogen) atoms. The third kappa shape index (κ3) is 3.88. The Morgan fingerprint density at radius 1 is 1.23 bits per heavy atom. The Kier molecular flexibility index (Phi) is 4.97. The smallest absolute Gasteiger partial charge is 0.302 e. The molecule has 3 rings (SSSR count). The first kappa shape index (κ1) is 17.6. The number of aromatic nitrogens is 1. The lowest BCUT2D eigenvalue weighted by Crippen LogP contribution is -2.07. The molecule has 0 saturated heterocycles. The fourth-order valence-electron chi connectivity index (χ4n) is 2.45. The van der Waals surface area contributed by atoms with E-state index in [0.717, 1.165) is 5.56 Å². The SMILES string of the molecule is CC(C)c1ccc2[nH]c(O)c(N=NC(=O)COc3ccc(F)cc3)c2c1. The number of halogens is 1.